The normalized spacial score (nSPS) is 12.2. The summed E-state index contributed by atoms with van der Waals surface area (Å²) >= 11 is 22.3. The van der Waals surface area contributed by atoms with Crippen LogP contribution in [0.2, 0.25) is 0 Å². The van der Waals surface area contributed by atoms with Gasteiger partial charge in [-0.25, -0.2) is 4.79 Å². The molecule has 6 nitrogen and oxygen atoms in total. The van der Waals surface area contributed by atoms with Crippen molar-refractivity contribution in [1.29, 1.82) is 0 Å². The number of carboxylic acids is 1. The Labute approximate surface area is 147 Å². The number of carbonyl (C=O) groups is 2. The van der Waals surface area contributed by atoms with Crippen molar-refractivity contribution in [2.75, 3.05) is 5.32 Å². The molecule has 0 saturated heterocycles. The van der Waals surface area contributed by atoms with Crippen LogP contribution in [0.25, 0.3) is 0 Å². The molecule has 0 aliphatic rings. The minimum atomic E-state index is -1.86. The maximum absolute atomic E-state index is 11.1. The zero-order valence-corrected chi connectivity index (χ0v) is 14.3. The third-order valence-electron chi connectivity index (χ3n) is 2.36. The standard InChI is InChI=1S/C12H12Cl3N3O3S/c1-6(19)16-10(12(13,14)15)18-11(22)17-8-5-3-2-4-7(8)9(20)21/h2-5,10H,1H3,(H,16,19)(H,20,21)(H2,17,18,22). The van der Waals surface area contributed by atoms with Crippen molar-refractivity contribution in [3.8, 4) is 0 Å². The zero-order chi connectivity index (χ0) is 16.9. The zero-order valence-electron chi connectivity index (χ0n) is 11.2. The fourth-order valence-corrected chi connectivity index (χ4v) is 2.03. The summed E-state index contributed by atoms with van der Waals surface area (Å²) in [7, 11) is 0. The molecule has 0 saturated carbocycles. The number of benzene rings is 1. The average Bonchev–Trinajstić information content (AvgIpc) is 2.36. The van der Waals surface area contributed by atoms with Crippen LogP contribution >= 0.6 is 47.0 Å². The molecule has 1 aromatic rings. The first-order chi connectivity index (χ1) is 10.1. The second kappa shape index (κ2) is 7.82. The summed E-state index contributed by atoms with van der Waals surface area (Å²) < 4.78 is -1.86. The van der Waals surface area contributed by atoms with Crippen LogP contribution in [0.1, 0.15) is 17.3 Å². The number of carboxylic acid groups (broad SMARTS) is 1. The van der Waals surface area contributed by atoms with Crippen molar-refractivity contribution in [1.82, 2.24) is 10.6 Å². The number of alkyl halides is 3. The van der Waals surface area contributed by atoms with Crippen LogP contribution in [-0.2, 0) is 4.79 Å². The maximum atomic E-state index is 11.1. The van der Waals surface area contributed by atoms with Gasteiger partial charge >= 0.3 is 5.97 Å². The monoisotopic (exact) mass is 383 g/mol. The van der Waals surface area contributed by atoms with Crippen molar-refractivity contribution in [3.63, 3.8) is 0 Å². The van der Waals surface area contributed by atoms with Gasteiger partial charge in [0.1, 0.15) is 6.17 Å². The molecule has 0 bridgehead atoms. The molecule has 1 aromatic carbocycles. The first-order valence-corrected chi connectivity index (χ1v) is 7.39. The first kappa shape index (κ1) is 18.8. The van der Waals surface area contributed by atoms with Gasteiger partial charge in [-0.05, 0) is 24.4 Å². The molecule has 0 aromatic heterocycles. The van der Waals surface area contributed by atoms with Crippen LogP contribution in [0.15, 0.2) is 24.3 Å². The van der Waals surface area contributed by atoms with Gasteiger partial charge in [-0.15, -0.1) is 0 Å². The van der Waals surface area contributed by atoms with Crippen LogP contribution in [0.5, 0.6) is 0 Å². The van der Waals surface area contributed by atoms with Gasteiger partial charge in [0.05, 0.1) is 11.3 Å². The lowest BCUT2D eigenvalue weighted by Crippen LogP contribution is -2.55. The van der Waals surface area contributed by atoms with Gasteiger partial charge in [0.2, 0.25) is 9.70 Å². The summed E-state index contributed by atoms with van der Waals surface area (Å²) in [5, 5.41) is 16.7. The molecular formula is C12H12Cl3N3O3S. The predicted octanol–water partition coefficient (Wildman–Crippen LogP) is 2.50. The third kappa shape index (κ3) is 5.84. The number of aromatic carboxylic acids is 1. The number of anilines is 1. The highest BCUT2D eigenvalue weighted by Crippen LogP contribution is 2.29. The summed E-state index contributed by atoms with van der Waals surface area (Å²) in [5.74, 6) is -1.55. The molecule has 0 fully saturated rings. The minimum Gasteiger partial charge on any atom is -0.478 e. The van der Waals surface area contributed by atoms with E-state index in [4.69, 9.17) is 52.1 Å². The fourth-order valence-electron chi connectivity index (χ4n) is 1.47. The predicted molar refractivity (Wildman–Crippen MR) is 90.7 cm³/mol. The van der Waals surface area contributed by atoms with Gasteiger partial charge in [-0.1, -0.05) is 46.9 Å². The molecular weight excluding hydrogens is 373 g/mol. The van der Waals surface area contributed by atoms with Crippen molar-refractivity contribution in [2.24, 2.45) is 0 Å². The van der Waals surface area contributed by atoms with Gasteiger partial charge in [-0.3, -0.25) is 4.79 Å². The average molecular weight is 385 g/mol. The Balaban J connectivity index is 2.84. The lowest BCUT2D eigenvalue weighted by atomic mass is 10.2. The van der Waals surface area contributed by atoms with E-state index in [9.17, 15) is 9.59 Å². The molecule has 120 valence electrons. The Morgan fingerprint density at radius 2 is 1.82 bits per heavy atom. The van der Waals surface area contributed by atoms with E-state index in [0.717, 1.165) is 0 Å². The molecule has 22 heavy (non-hydrogen) atoms. The topological polar surface area (TPSA) is 90.5 Å². The van der Waals surface area contributed by atoms with E-state index in [1.807, 2.05) is 0 Å². The number of halogens is 3. The molecule has 0 aliphatic heterocycles. The highest BCUT2D eigenvalue weighted by molar-refractivity contribution is 7.80. The highest BCUT2D eigenvalue weighted by Gasteiger charge is 2.34. The van der Waals surface area contributed by atoms with Crippen LogP contribution in [0.4, 0.5) is 5.69 Å². The molecule has 0 spiro atoms. The summed E-state index contributed by atoms with van der Waals surface area (Å²) in [6.45, 7) is 1.25. The quantitative estimate of drug-likeness (QED) is 0.362. The molecule has 4 N–H and O–H groups in total. The number of rotatable bonds is 4. The summed E-state index contributed by atoms with van der Waals surface area (Å²) in [4.78, 5) is 22.2. The Bertz CT molecular complexity index is 592. The second-order valence-electron chi connectivity index (χ2n) is 4.12. The summed E-state index contributed by atoms with van der Waals surface area (Å²) in [5.41, 5.74) is 0.287. The van der Waals surface area contributed by atoms with Crippen LogP contribution in [0.3, 0.4) is 0 Å². The Hall–Kier alpha value is -1.28. The number of carbonyl (C=O) groups excluding carboxylic acids is 1. The Morgan fingerprint density at radius 3 is 2.32 bits per heavy atom. The molecule has 0 heterocycles. The SMILES string of the molecule is CC(=O)NC(NC(=S)Nc1ccccc1C(=O)O)C(Cl)(Cl)Cl. The lowest BCUT2D eigenvalue weighted by Gasteiger charge is -2.27. The van der Waals surface area contributed by atoms with Crippen LogP contribution in [-0.4, -0.2) is 32.1 Å². The van der Waals surface area contributed by atoms with E-state index in [0.29, 0.717) is 0 Å². The number of amides is 1. The number of para-hydroxylation sites is 1. The van der Waals surface area contributed by atoms with Crippen molar-refractivity contribution < 1.29 is 14.7 Å². The molecule has 0 radical (unpaired) electrons. The maximum Gasteiger partial charge on any atom is 0.337 e. The molecule has 1 rings (SSSR count). The molecule has 10 heteroatoms. The van der Waals surface area contributed by atoms with E-state index in [1.165, 1.54) is 19.1 Å². The van der Waals surface area contributed by atoms with Gasteiger partial charge in [0.15, 0.2) is 5.11 Å². The summed E-state index contributed by atoms with van der Waals surface area (Å²) in [6.07, 6.45) is -1.09. The number of hydrogen-bond donors (Lipinski definition) is 4. The molecule has 0 aliphatic carbocycles. The number of thiocarbonyl (C=S) groups is 1. The number of nitrogens with one attached hydrogen (secondary N) is 3. The van der Waals surface area contributed by atoms with E-state index in [1.54, 1.807) is 12.1 Å². The molecule has 1 atom stereocenters. The number of hydrogen-bond acceptors (Lipinski definition) is 3. The van der Waals surface area contributed by atoms with Gasteiger partial charge in [0, 0.05) is 6.92 Å². The van der Waals surface area contributed by atoms with Crippen molar-refractivity contribution in [2.45, 2.75) is 16.9 Å². The van der Waals surface area contributed by atoms with Crippen LogP contribution in [0, 0.1) is 0 Å². The lowest BCUT2D eigenvalue weighted by molar-refractivity contribution is -0.119. The Morgan fingerprint density at radius 1 is 1.23 bits per heavy atom. The molecule has 1 unspecified atom stereocenters. The second-order valence-corrected chi connectivity index (χ2v) is 6.90. The van der Waals surface area contributed by atoms with Gasteiger partial charge in [0.25, 0.3) is 0 Å². The fraction of sp³-hybridized carbons (Fsp3) is 0.250. The summed E-state index contributed by atoms with van der Waals surface area (Å²) in [6, 6.07) is 6.15. The van der Waals surface area contributed by atoms with Crippen molar-refractivity contribution >= 4 is 69.7 Å². The van der Waals surface area contributed by atoms with Crippen molar-refractivity contribution in [3.05, 3.63) is 29.8 Å². The minimum absolute atomic E-state index is 0.0150. The molecule has 1 amide bonds. The van der Waals surface area contributed by atoms with Gasteiger partial charge in [-0.2, -0.15) is 0 Å². The largest absolute Gasteiger partial charge is 0.478 e. The first-order valence-electron chi connectivity index (χ1n) is 5.85. The van der Waals surface area contributed by atoms with E-state index in [-0.39, 0.29) is 16.4 Å². The van der Waals surface area contributed by atoms with E-state index in [2.05, 4.69) is 16.0 Å². The smallest absolute Gasteiger partial charge is 0.337 e. The van der Waals surface area contributed by atoms with E-state index < -0.39 is 21.8 Å². The van der Waals surface area contributed by atoms with Crippen LogP contribution < -0.4 is 16.0 Å². The highest BCUT2D eigenvalue weighted by atomic mass is 35.6. The Kier molecular flexibility index (Phi) is 6.67. The van der Waals surface area contributed by atoms with Gasteiger partial charge < -0.3 is 21.1 Å². The third-order valence-corrected chi connectivity index (χ3v) is 3.23. The van der Waals surface area contributed by atoms with E-state index >= 15 is 0 Å².